The Labute approximate surface area is 130 Å². The first kappa shape index (κ1) is 17.7. The van der Waals surface area contributed by atoms with Crippen molar-refractivity contribution < 1.29 is 9.94 Å². The molecule has 0 aliphatic heterocycles. The van der Waals surface area contributed by atoms with Crippen molar-refractivity contribution in [1.82, 2.24) is 10.2 Å². The van der Waals surface area contributed by atoms with Gasteiger partial charge < -0.3 is 25.9 Å². The molecule has 1 aromatic rings. The van der Waals surface area contributed by atoms with Gasteiger partial charge in [0.2, 0.25) is 0 Å². The van der Waals surface area contributed by atoms with Gasteiger partial charge in [0.15, 0.2) is 5.84 Å². The fourth-order valence-electron chi connectivity index (χ4n) is 1.62. The van der Waals surface area contributed by atoms with Gasteiger partial charge in [0.05, 0.1) is 13.2 Å². The summed E-state index contributed by atoms with van der Waals surface area (Å²) in [6, 6.07) is 5.31. The fraction of sp³-hybridized carbons (Fsp3) is 0.500. The van der Waals surface area contributed by atoms with Gasteiger partial charge in [0, 0.05) is 30.2 Å². The average Bonchev–Trinajstić information content (AvgIpc) is 2.46. The van der Waals surface area contributed by atoms with Crippen LogP contribution in [0.15, 0.2) is 23.4 Å². The summed E-state index contributed by atoms with van der Waals surface area (Å²) in [5.41, 5.74) is 7.06. The number of rotatable bonds is 9. The molecular weight excluding hydrogens is 292 g/mol. The second-order valence-corrected chi connectivity index (χ2v) is 5.29. The summed E-state index contributed by atoms with van der Waals surface area (Å²) in [6.45, 7) is 3.71. The number of hydrogen-bond acceptors (Lipinski definition) is 5. The van der Waals surface area contributed by atoms with E-state index in [0.717, 1.165) is 25.3 Å². The van der Waals surface area contributed by atoms with Crippen molar-refractivity contribution in [2.75, 3.05) is 40.4 Å². The number of nitrogens with one attached hydrogen (secondary N) is 1. The van der Waals surface area contributed by atoms with E-state index in [4.69, 9.17) is 27.3 Å². The Kier molecular flexibility index (Phi) is 8.07. The Morgan fingerprint density at radius 1 is 1.43 bits per heavy atom. The summed E-state index contributed by atoms with van der Waals surface area (Å²) in [5.74, 6) is 0.0469. The smallest absolute Gasteiger partial charge is 0.170 e. The highest BCUT2D eigenvalue weighted by Crippen LogP contribution is 2.17. The monoisotopic (exact) mass is 314 g/mol. The summed E-state index contributed by atoms with van der Waals surface area (Å²) in [4.78, 5) is 2.08. The first-order valence-corrected chi connectivity index (χ1v) is 7.12. The van der Waals surface area contributed by atoms with Crippen molar-refractivity contribution in [2.24, 2.45) is 10.9 Å². The lowest BCUT2D eigenvalue weighted by Gasteiger charge is -2.11. The topological polar surface area (TPSA) is 83.1 Å². The number of amidine groups is 1. The minimum atomic E-state index is 0.0469. The van der Waals surface area contributed by atoms with Crippen LogP contribution in [0, 0.1) is 0 Å². The molecule has 21 heavy (non-hydrogen) atoms. The van der Waals surface area contributed by atoms with Crippen LogP contribution in [0.5, 0.6) is 0 Å². The average molecular weight is 315 g/mol. The molecule has 118 valence electrons. The maximum atomic E-state index is 8.62. The second-order valence-electron chi connectivity index (χ2n) is 4.88. The highest BCUT2D eigenvalue weighted by molar-refractivity contribution is 6.31. The third-order valence-corrected chi connectivity index (χ3v) is 3.23. The molecule has 6 nitrogen and oxygen atoms in total. The number of halogens is 1. The first-order valence-electron chi connectivity index (χ1n) is 6.74. The Bertz CT molecular complexity index is 466. The van der Waals surface area contributed by atoms with Crippen LogP contribution >= 0.6 is 11.6 Å². The van der Waals surface area contributed by atoms with Crippen LogP contribution in [0.2, 0.25) is 5.02 Å². The van der Waals surface area contributed by atoms with Crippen LogP contribution in [0.1, 0.15) is 11.1 Å². The van der Waals surface area contributed by atoms with Gasteiger partial charge in [0.1, 0.15) is 0 Å². The zero-order valence-electron chi connectivity index (χ0n) is 12.5. The number of benzene rings is 1. The van der Waals surface area contributed by atoms with E-state index in [1.54, 1.807) is 12.1 Å². The van der Waals surface area contributed by atoms with Gasteiger partial charge >= 0.3 is 0 Å². The van der Waals surface area contributed by atoms with E-state index in [0.29, 0.717) is 23.7 Å². The van der Waals surface area contributed by atoms with E-state index < -0.39 is 0 Å². The van der Waals surface area contributed by atoms with E-state index in [2.05, 4.69) is 15.4 Å². The number of oxime groups is 1. The SMILES string of the molecule is CN(C)CCOCCNCc1ccc(/C(N)=N/O)cc1Cl. The van der Waals surface area contributed by atoms with Crippen LogP contribution in [0.25, 0.3) is 0 Å². The Hall–Kier alpha value is -1.34. The van der Waals surface area contributed by atoms with E-state index in [1.165, 1.54) is 0 Å². The molecule has 0 spiro atoms. The van der Waals surface area contributed by atoms with Crippen LogP contribution in [0.3, 0.4) is 0 Å². The van der Waals surface area contributed by atoms with Crippen LogP contribution in [-0.4, -0.2) is 56.3 Å². The lowest BCUT2D eigenvalue weighted by Crippen LogP contribution is -2.23. The lowest BCUT2D eigenvalue weighted by molar-refractivity contribution is 0.119. The highest BCUT2D eigenvalue weighted by Gasteiger charge is 2.04. The van der Waals surface area contributed by atoms with Crippen LogP contribution in [-0.2, 0) is 11.3 Å². The van der Waals surface area contributed by atoms with Crippen molar-refractivity contribution in [3.63, 3.8) is 0 Å². The van der Waals surface area contributed by atoms with E-state index in [9.17, 15) is 0 Å². The summed E-state index contributed by atoms with van der Waals surface area (Å²) in [7, 11) is 4.03. The molecule has 0 bridgehead atoms. The Morgan fingerprint density at radius 3 is 2.81 bits per heavy atom. The molecule has 7 heteroatoms. The van der Waals surface area contributed by atoms with Gasteiger partial charge in [-0.3, -0.25) is 0 Å². The van der Waals surface area contributed by atoms with Gasteiger partial charge in [-0.1, -0.05) is 28.9 Å². The van der Waals surface area contributed by atoms with Gasteiger partial charge in [-0.15, -0.1) is 0 Å². The molecule has 0 unspecified atom stereocenters. The molecule has 0 saturated carbocycles. The molecule has 0 saturated heterocycles. The molecule has 0 aromatic heterocycles. The number of nitrogens with two attached hydrogens (primary N) is 1. The molecule has 0 aliphatic rings. The molecule has 0 fully saturated rings. The number of ether oxygens (including phenoxy) is 1. The fourth-order valence-corrected chi connectivity index (χ4v) is 1.87. The molecule has 0 aliphatic carbocycles. The molecule has 1 rings (SSSR count). The largest absolute Gasteiger partial charge is 0.409 e. The summed E-state index contributed by atoms with van der Waals surface area (Å²) in [5, 5.41) is 15.4. The van der Waals surface area contributed by atoms with Gasteiger partial charge in [-0.2, -0.15) is 0 Å². The molecule has 0 amide bonds. The third kappa shape index (κ3) is 6.77. The first-order chi connectivity index (χ1) is 10.0. The van der Waals surface area contributed by atoms with Crippen molar-refractivity contribution in [3.05, 3.63) is 34.3 Å². The minimum absolute atomic E-state index is 0.0469. The summed E-state index contributed by atoms with van der Waals surface area (Å²) < 4.78 is 5.48. The lowest BCUT2D eigenvalue weighted by atomic mass is 10.1. The normalized spacial score (nSPS) is 12.1. The predicted molar refractivity (Wildman–Crippen MR) is 85.0 cm³/mol. The molecule has 1 aromatic carbocycles. The quantitative estimate of drug-likeness (QED) is 0.209. The zero-order chi connectivity index (χ0) is 15.7. The van der Waals surface area contributed by atoms with E-state index in [1.807, 2.05) is 20.2 Å². The molecule has 0 atom stereocenters. The third-order valence-electron chi connectivity index (χ3n) is 2.88. The number of likely N-dealkylation sites (N-methyl/N-ethyl adjacent to an activating group) is 1. The Balaban J connectivity index is 2.30. The van der Waals surface area contributed by atoms with Gasteiger partial charge in [0.25, 0.3) is 0 Å². The minimum Gasteiger partial charge on any atom is -0.409 e. The highest BCUT2D eigenvalue weighted by atomic mass is 35.5. The van der Waals surface area contributed by atoms with Gasteiger partial charge in [-0.25, -0.2) is 0 Å². The van der Waals surface area contributed by atoms with Crippen molar-refractivity contribution >= 4 is 17.4 Å². The number of nitrogens with zero attached hydrogens (tertiary/aromatic N) is 2. The maximum Gasteiger partial charge on any atom is 0.170 e. The molecule has 0 radical (unpaired) electrons. The van der Waals surface area contributed by atoms with Crippen LogP contribution < -0.4 is 11.1 Å². The Morgan fingerprint density at radius 2 is 2.19 bits per heavy atom. The standard InChI is InChI=1S/C14H23ClN4O2/c1-19(2)6-8-21-7-5-17-10-12-4-3-11(9-13(12)15)14(16)18-20/h3-4,9,17,20H,5-8,10H2,1-2H3,(H2,16,18). The number of hydrogen-bond donors (Lipinski definition) is 3. The van der Waals surface area contributed by atoms with Gasteiger partial charge in [-0.05, 0) is 25.7 Å². The van der Waals surface area contributed by atoms with E-state index >= 15 is 0 Å². The summed E-state index contributed by atoms with van der Waals surface area (Å²) >= 11 is 6.16. The maximum absolute atomic E-state index is 8.62. The summed E-state index contributed by atoms with van der Waals surface area (Å²) in [6.07, 6.45) is 0. The van der Waals surface area contributed by atoms with Crippen molar-refractivity contribution in [3.8, 4) is 0 Å². The molecule has 4 N–H and O–H groups in total. The molecule has 0 heterocycles. The second kappa shape index (κ2) is 9.57. The molecular formula is C14H23ClN4O2. The van der Waals surface area contributed by atoms with Crippen molar-refractivity contribution in [2.45, 2.75) is 6.54 Å². The zero-order valence-corrected chi connectivity index (χ0v) is 13.2. The van der Waals surface area contributed by atoms with Crippen LogP contribution in [0.4, 0.5) is 0 Å². The van der Waals surface area contributed by atoms with Crippen molar-refractivity contribution in [1.29, 1.82) is 0 Å². The van der Waals surface area contributed by atoms with E-state index in [-0.39, 0.29) is 5.84 Å². The predicted octanol–water partition coefficient (Wildman–Crippen LogP) is 1.10.